The van der Waals surface area contributed by atoms with Gasteiger partial charge in [0.15, 0.2) is 11.5 Å². The van der Waals surface area contributed by atoms with Gasteiger partial charge in [0.05, 0.1) is 16.5 Å². The second kappa shape index (κ2) is 8.71. The van der Waals surface area contributed by atoms with Crippen LogP contribution in [0.5, 0.6) is 11.5 Å². The SMILES string of the molecule is COc1cc(/C=C2\SC(=O)N(CC(=O)Nc3cccc(C)c3)C2=O)cc(Br)c1O. The zero-order valence-corrected chi connectivity index (χ0v) is 18.0. The van der Waals surface area contributed by atoms with Crippen LogP contribution in [-0.4, -0.2) is 40.7 Å². The van der Waals surface area contributed by atoms with Gasteiger partial charge in [-0.3, -0.25) is 19.3 Å². The molecule has 2 N–H and O–H groups in total. The Morgan fingerprint density at radius 1 is 1.31 bits per heavy atom. The third-order valence-electron chi connectivity index (χ3n) is 4.05. The molecule has 1 aliphatic heterocycles. The molecule has 0 aliphatic carbocycles. The van der Waals surface area contributed by atoms with E-state index >= 15 is 0 Å². The summed E-state index contributed by atoms with van der Waals surface area (Å²) < 4.78 is 5.48. The maximum absolute atomic E-state index is 12.6. The number of aryl methyl sites for hydroxylation is 1. The molecule has 2 aromatic carbocycles. The molecule has 1 fully saturated rings. The molecule has 9 heteroatoms. The molecule has 1 aliphatic rings. The third kappa shape index (κ3) is 4.80. The summed E-state index contributed by atoms with van der Waals surface area (Å²) >= 11 is 3.96. The van der Waals surface area contributed by atoms with E-state index < -0.39 is 17.1 Å². The number of phenols is 1. The lowest BCUT2D eigenvalue weighted by Crippen LogP contribution is -2.36. The molecule has 3 amide bonds. The van der Waals surface area contributed by atoms with E-state index in [1.807, 2.05) is 13.0 Å². The first-order valence-corrected chi connectivity index (χ1v) is 10.1. The number of nitrogens with one attached hydrogen (secondary N) is 1. The Kier molecular flexibility index (Phi) is 6.29. The largest absolute Gasteiger partial charge is 0.503 e. The van der Waals surface area contributed by atoms with Crippen molar-refractivity contribution in [3.05, 3.63) is 56.9 Å². The van der Waals surface area contributed by atoms with Crippen LogP contribution in [0.3, 0.4) is 0 Å². The van der Waals surface area contributed by atoms with Gasteiger partial charge in [-0.25, -0.2) is 0 Å². The van der Waals surface area contributed by atoms with Crippen molar-refractivity contribution in [3.8, 4) is 11.5 Å². The van der Waals surface area contributed by atoms with E-state index in [9.17, 15) is 19.5 Å². The van der Waals surface area contributed by atoms with Gasteiger partial charge in [-0.2, -0.15) is 0 Å². The lowest BCUT2D eigenvalue weighted by atomic mass is 10.2. The topological polar surface area (TPSA) is 95.9 Å². The first-order valence-electron chi connectivity index (χ1n) is 8.47. The average molecular weight is 477 g/mol. The van der Waals surface area contributed by atoms with Gasteiger partial charge in [0.2, 0.25) is 5.91 Å². The number of halogens is 1. The maximum atomic E-state index is 12.6. The van der Waals surface area contributed by atoms with E-state index in [0.29, 0.717) is 15.7 Å². The Bertz CT molecular complexity index is 1040. The summed E-state index contributed by atoms with van der Waals surface area (Å²) in [6.07, 6.45) is 1.51. The summed E-state index contributed by atoms with van der Waals surface area (Å²) in [4.78, 5) is 38.2. The van der Waals surface area contributed by atoms with Gasteiger partial charge < -0.3 is 15.2 Å². The summed E-state index contributed by atoms with van der Waals surface area (Å²) in [5.41, 5.74) is 2.13. The molecule has 0 saturated carbocycles. The van der Waals surface area contributed by atoms with Crippen molar-refractivity contribution in [1.82, 2.24) is 4.90 Å². The van der Waals surface area contributed by atoms with Crippen LogP contribution >= 0.6 is 27.7 Å². The van der Waals surface area contributed by atoms with E-state index in [1.54, 1.807) is 30.3 Å². The number of anilines is 1. The molecule has 1 saturated heterocycles. The number of benzene rings is 2. The second-order valence-corrected chi connectivity index (χ2v) is 8.09. The van der Waals surface area contributed by atoms with E-state index in [1.165, 1.54) is 13.2 Å². The highest BCUT2D eigenvalue weighted by atomic mass is 79.9. The van der Waals surface area contributed by atoms with Crippen LogP contribution in [0.2, 0.25) is 0 Å². The number of nitrogens with zero attached hydrogens (tertiary/aromatic N) is 1. The Balaban J connectivity index is 1.75. The number of carbonyl (C=O) groups excluding carboxylic acids is 3. The molecule has 2 aromatic rings. The lowest BCUT2D eigenvalue weighted by Gasteiger charge is -2.12. The number of thioether (sulfide) groups is 1. The Hall–Kier alpha value is -2.78. The minimum absolute atomic E-state index is 0.0643. The van der Waals surface area contributed by atoms with Crippen molar-refractivity contribution in [2.75, 3.05) is 19.0 Å². The smallest absolute Gasteiger partial charge is 0.294 e. The zero-order valence-electron chi connectivity index (χ0n) is 15.6. The van der Waals surface area contributed by atoms with Crippen LogP contribution in [0.1, 0.15) is 11.1 Å². The molecule has 29 heavy (non-hydrogen) atoms. The second-order valence-electron chi connectivity index (χ2n) is 6.24. The molecular weight excluding hydrogens is 460 g/mol. The van der Waals surface area contributed by atoms with Crippen molar-refractivity contribution in [2.24, 2.45) is 0 Å². The highest BCUT2D eigenvalue weighted by Gasteiger charge is 2.36. The summed E-state index contributed by atoms with van der Waals surface area (Å²) in [5, 5.41) is 12.0. The molecule has 150 valence electrons. The van der Waals surface area contributed by atoms with E-state index in [0.717, 1.165) is 22.2 Å². The minimum atomic E-state index is -0.553. The monoisotopic (exact) mass is 476 g/mol. The summed E-state index contributed by atoms with van der Waals surface area (Å²) in [6, 6.07) is 10.4. The van der Waals surface area contributed by atoms with Crippen molar-refractivity contribution >= 4 is 56.5 Å². The summed E-state index contributed by atoms with van der Waals surface area (Å²) in [7, 11) is 1.41. The number of aromatic hydroxyl groups is 1. The van der Waals surface area contributed by atoms with Crippen LogP contribution in [0, 0.1) is 6.92 Å². The Labute approximate surface area is 179 Å². The first-order chi connectivity index (χ1) is 13.8. The normalized spacial score (nSPS) is 15.1. The first kappa shape index (κ1) is 20.9. The fourth-order valence-corrected chi connectivity index (χ4v) is 3.99. The number of imide groups is 1. The molecule has 0 radical (unpaired) electrons. The number of hydrogen-bond acceptors (Lipinski definition) is 6. The molecule has 0 aromatic heterocycles. The van der Waals surface area contributed by atoms with Crippen LogP contribution in [-0.2, 0) is 9.59 Å². The molecule has 3 rings (SSSR count). The highest BCUT2D eigenvalue weighted by Crippen LogP contribution is 2.38. The molecule has 0 unspecified atom stereocenters. The maximum Gasteiger partial charge on any atom is 0.294 e. The van der Waals surface area contributed by atoms with Crippen molar-refractivity contribution < 1.29 is 24.2 Å². The predicted molar refractivity (Wildman–Crippen MR) is 115 cm³/mol. The van der Waals surface area contributed by atoms with Gasteiger partial charge in [0.1, 0.15) is 6.54 Å². The number of rotatable bonds is 5. The third-order valence-corrected chi connectivity index (χ3v) is 5.56. The van der Waals surface area contributed by atoms with E-state index in [-0.39, 0.29) is 22.9 Å². The zero-order chi connectivity index (χ0) is 21.1. The van der Waals surface area contributed by atoms with Crippen molar-refractivity contribution in [2.45, 2.75) is 6.92 Å². The van der Waals surface area contributed by atoms with Gasteiger partial charge in [-0.15, -0.1) is 0 Å². The Morgan fingerprint density at radius 3 is 2.76 bits per heavy atom. The van der Waals surface area contributed by atoms with Gasteiger partial charge >= 0.3 is 0 Å². The number of methoxy groups -OCH3 is 1. The van der Waals surface area contributed by atoms with E-state index in [4.69, 9.17) is 4.74 Å². The van der Waals surface area contributed by atoms with Crippen molar-refractivity contribution in [1.29, 1.82) is 0 Å². The molecule has 1 heterocycles. The van der Waals surface area contributed by atoms with Gasteiger partial charge in [-0.05, 0) is 76.1 Å². The standard InChI is InChI=1S/C20H17BrN2O5S/c1-11-4-3-5-13(6-11)22-17(24)10-23-19(26)16(29-20(23)27)9-12-7-14(21)18(25)15(8-12)28-2/h3-9,25H,10H2,1-2H3,(H,22,24)/b16-9-. The quantitative estimate of drug-likeness (QED) is 0.629. The van der Waals surface area contributed by atoms with Gasteiger partial charge in [0.25, 0.3) is 11.1 Å². The number of phenolic OH excluding ortho intramolecular Hbond substituents is 1. The summed E-state index contributed by atoms with van der Waals surface area (Å²) in [5.74, 6) is -0.858. The molecule has 7 nitrogen and oxygen atoms in total. The number of carbonyl (C=O) groups is 3. The number of hydrogen-bond donors (Lipinski definition) is 2. The highest BCUT2D eigenvalue weighted by molar-refractivity contribution is 9.10. The number of amides is 3. The molecule has 0 bridgehead atoms. The lowest BCUT2D eigenvalue weighted by molar-refractivity contribution is -0.127. The fourth-order valence-electron chi connectivity index (χ4n) is 2.69. The van der Waals surface area contributed by atoms with Crippen LogP contribution in [0.4, 0.5) is 10.5 Å². The average Bonchev–Trinajstić information content (AvgIpc) is 2.92. The Morgan fingerprint density at radius 2 is 2.07 bits per heavy atom. The van der Waals surface area contributed by atoms with Gasteiger partial charge in [0, 0.05) is 5.69 Å². The fraction of sp³-hybridized carbons (Fsp3) is 0.150. The molecular formula is C20H17BrN2O5S. The predicted octanol–water partition coefficient (Wildman–Crippen LogP) is 4.15. The molecule has 0 spiro atoms. The van der Waals surface area contributed by atoms with Crippen LogP contribution < -0.4 is 10.1 Å². The molecule has 0 atom stereocenters. The summed E-state index contributed by atoms with van der Waals surface area (Å²) in [6.45, 7) is 1.52. The number of ether oxygens (including phenoxy) is 1. The van der Waals surface area contributed by atoms with Crippen LogP contribution in [0.15, 0.2) is 45.8 Å². The van der Waals surface area contributed by atoms with Crippen molar-refractivity contribution in [3.63, 3.8) is 0 Å². The van der Waals surface area contributed by atoms with E-state index in [2.05, 4.69) is 21.2 Å². The van der Waals surface area contributed by atoms with Crippen LogP contribution in [0.25, 0.3) is 6.08 Å². The van der Waals surface area contributed by atoms with Gasteiger partial charge in [-0.1, -0.05) is 12.1 Å². The minimum Gasteiger partial charge on any atom is -0.503 e.